The molecule has 0 amide bonds. The van der Waals surface area contributed by atoms with Crippen molar-refractivity contribution in [3.63, 3.8) is 0 Å². The molecule has 0 aliphatic rings. The molecule has 94 valence electrons. The molecular formula is C10H8ClN3O3S. The van der Waals surface area contributed by atoms with Crippen molar-refractivity contribution in [1.29, 1.82) is 0 Å². The molecule has 0 unspecified atom stereocenters. The summed E-state index contributed by atoms with van der Waals surface area (Å²) in [6.07, 6.45) is 0. The van der Waals surface area contributed by atoms with Crippen LogP contribution >= 0.6 is 22.9 Å². The average molecular weight is 286 g/mol. The predicted octanol–water partition coefficient (Wildman–Crippen LogP) is 2.61. The highest BCUT2D eigenvalue weighted by Crippen LogP contribution is 2.31. The highest BCUT2D eigenvalue weighted by atomic mass is 35.5. The first kappa shape index (κ1) is 12.6. The van der Waals surface area contributed by atoms with E-state index in [-0.39, 0.29) is 27.8 Å². The van der Waals surface area contributed by atoms with E-state index >= 15 is 0 Å². The average Bonchev–Trinajstić information content (AvgIpc) is 2.73. The molecule has 2 aromatic rings. The Hall–Kier alpha value is -1.86. The van der Waals surface area contributed by atoms with Gasteiger partial charge in [0.25, 0.3) is 5.69 Å². The van der Waals surface area contributed by atoms with Gasteiger partial charge in [-0.3, -0.25) is 14.9 Å². The van der Waals surface area contributed by atoms with Crippen LogP contribution in [0.5, 0.6) is 0 Å². The summed E-state index contributed by atoms with van der Waals surface area (Å²) in [5.41, 5.74) is 0.801. The maximum atomic E-state index is 10.9. The summed E-state index contributed by atoms with van der Waals surface area (Å²) in [5.74, 6) is 0. The van der Waals surface area contributed by atoms with E-state index in [1.807, 2.05) is 0 Å². The second kappa shape index (κ2) is 5.19. The van der Waals surface area contributed by atoms with Crippen LogP contribution in [0.3, 0.4) is 0 Å². The molecule has 6 nitrogen and oxygen atoms in total. The number of thiazole rings is 1. The van der Waals surface area contributed by atoms with Crippen molar-refractivity contribution in [3.05, 3.63) is 54.1 Å². The summed E-state index contributed by atoms with van der Waals surface area (Å²) in [6.45, 7) is 0.267. The maximum Gasteiger partial charge on any atom is 0.304 e. The molecule has 1 aromatic carbocycles. The number of nitrogens with zero attached hydrogens (tertiary/aromatic N) is 1. The van der Waals surface area contributed by atoms with Crippen molar-refractivity contribution < 1.29 is 4.92 Å². The van der Waals surface area contributed by atoms with Gasteiger partial charge in [-0.2, -0.15) is 0 Å². The van der Waals surface area contributed by atoms with Gasteiger partial charge in [0, 0.05) is 17.1 Å². The Bertz CT molecular complexity index is 637. The molecule has 1 aromatic heterocycles. The molecule has 8 heteroatoms. The summed E-state index contributed by atoms with van der Waals surface area (Å²) in [6, 6.07) is 4.44. The third-order valence-electron chi connectivity index (χ3n) is 2.21. The minimum absolute atomic E-state index is 0.0972. The van der Waals surface area contributed by atoms with Crippen LogP contribution in [0, 0.1) is 10.1 Å². The smallest absolute Gasteiger partial charge is 0.304 e. The zero-order chi connectivity index (χ0) is 13.1. The molecule has 0 aliphatic carbocycles. The summed E-state index contributed by atoms with van der Waals surface area (Å²) < 4.78 is 0. The third kappa shape index (κ3) is 2.69. The summed E-state index contributed by atoms with van der Waals surface area (Å²) >= 11 is 6.94. The number of hydrogen-bond acceptors (Lipinski definition) is 5. The van der Waals surface area contributed by atoms with Gasteiger partial charge in [-0.05, 0) is 6.07 Å². The maximum absolute atomic E-state index is 10.9. The number of nitro benzene ring substituents is 1. The number of anilines is 1. The molecule has 0 fully saturated rings. The van der Waals surface area contributed by atoms with Gasteiger partial charge in [0.2, 0.25) is 0 Å². The minimum atomic E-state index is -0.509. The number of para-hydroxylation sites is 1. The molecule has 0 bridgehead atoms. The van der Waals surface area contributed by atoms with Crippen molar-refractivity contribution >= 4 is 34.3 Å². The van der Waals surface area contributed by atoms with E-state index in [2.05, 4.69) is 10.3 Å². The molecule has 0 aliphatic heterocycles. The fourth-order valence-electron chi connectivity index (χ4n) is 1.42. The quantitative estimate of drug-likeness (QED) is 0.667. The largest absolute Gasteiger partial charge is 0.373 e. The number of nitro groups is 1. The Balaban J connectivity index is 2.23. The Labute approximate surface area is 110 Å². The molecule has 0 atom stereocenters. The number of aromatic nitrogens is 1. The Morgan fingerprint density at radius 2 is 2.28 bits per heavy atom. The minimum Gasteiger partial charge on any atom is -0.373 e. The second-order valence-electron chi connectivity index (χ2n) is 3.42. The first-order valence-electron chi connectivity index (χ1n) is 4.91. The number of H-pyrrole nitrogens is 1. The Morgan fingerprint density at radius 1 is 1.50 bits per heavy atom. The van der Waals surface area contributed by atoms with Gasteiger partial charge in [0.05, 0.1) is 16.5 Å². The van der Waals surface area contributed by atoms with E-state index in [1.165, 1.54) is 12.1 Å². The second-order valence-corrected chi connectivity index (χ2v) is 4.67. The van der Waals surface area contributed by atoms with E-state index in [9.17, 15) is 14.9 Å². The standard InChI is InChI=1S/C10H8ClN3O3S/c11-7-2-1-3-8(14(16)17)9(7)12-4-6-5-18-10(15)13-6/h1-3,5,12H,4H2,(H,13,15). The van der Waals surface area contributed by atoms with E-state index in [4.69, 9.17) is 11.6 Å². The van der Waals surface area contributed by atoms with Crippen molar-refractivity contribution in [2.45, 2.75) is 6.54 Å². The Kier molecular flexibility index (Phi) is 3.63. The Morgan fingerprint density at radius 3 is 2.89 bits per heavy atom. The monoisotopic (exact) mass is 285 g/mol. The summed E-state index contributed by atoms with van der Waals surface area (Å²) in [5, 5.41) is 15.6. The number of nitrogens with one attached hydrogen (secondary N) is 2. The van der Waals surface area contributed by atoms with Crippen molar-refractivity contribution in [1.82, 2.24) is 4.98 Å². The van der Waals surface area contributed by atoms with Gasteiger partial charge in [-0.25, -0.2) is 0 Å². The summed E-state index contributed by atoms with van der Waals surface area (Å²) in [4.78, 5) is 23.7. The fraction of sp³-hybridized carbons (Fsp3) is 0.100. The van der Waals surface area contributed by atoms with Crippen molar-refractivity contribution in [2.24, 2.45) is 0 Å². The van der Waals surface area contributed by atoms with Crippen LogP contribution in [0.1, 0.15) is 5.69 Å². The topological polar surface area (TPSA) is 88.0 Å². The number of hydrogen-bond donors (Lipinski definition) is 2. The number of benzene rings is 1. The first-order valence-corrected chi connectivity index (χ1v) is 6.17. The molecule has 18 heavy (non-hydrogen) atoms. The summed E-state index contributed by atoms with van der Waals surface area (Å²) in [7, 11) is 0. The first-order chi connectivity index (χ1) is 8.58. The molecule has 1 heterocycles. The van der Waals surface area contributed by atoms with Gasteiger partial charge in [0.1, 0.15) is 5.69 Å². The SMILES string of the molecule is O=c1[nH]c(CNc2c(Cl)cccc2[N+](=O)[O-])cs1. The van der Waals surface area contributed by atoms with Crippen LogP contribution in [0.2, 0.25) is 5.02 Å². The number of rotatable bonds is 4. The van der Waals surface area contributed by atoms with E-state index < -0.39 is 4.92 Å². The van der Waals surface area contributed by atoms with Crippen LogP contribution in [-0.2, 0) is 6.54 Å². The molecule has 0 saturated carbocycles. The fourth-order valence-corrected chi connectivity index (χ4v) is 2.24. The molecule has 0 radical (unpaired) electrons. The molecule has 0 spiro atoms. The van der Waals surface area contributed by atoms with Gasteiger partial charge >= 0.3 is 4.87 Å². The lowest BCUT2D eigenvalue weighted by molar-refractivity contribution is -0.383. The highest BCUT2D eigenvalue weighted by molar-refractivity contribution is 7.07. The van der Waals surface area contributed by atoms with Crippen LogP contribution in [-0.4, -0.2) is 9.91 Å². The number of aromatic amines is 1. The van der Waals surface area contributed by atoms with Gasteiger partial charge in [0.15, 0.2) is 0 Å². The lowest BCUT2D eigenvalue weighted by Crippen LogP contribution is -2.05. The van der Waals surface area contributed by atoms with Crippen LogP contribution in [0.4, 0.5) is 11.4 Å². The number of halogens is 1. The highest BCUT2D eigenvalue weighted by Gasteiger charge is 2.16. The third-order valence-corrected chi connectivity index (χ3v) is 3.25. The lowest BCUT2D eigenvalue weighted by Gasteiger charge is -2.07. The normalized spacial score (nSPS) is 10.3. The van der Waals surface area contributed by atoms with Crippen LogP contribution < -0.4 is 10.2 Å². The molecule has 0 saturated heterocycles. The molecule has 2 N–H and O–H groups in total. The van der Waals surface area contributed by atoms with Gasteiger partial charge in [-0.1, -0.05) is 29.0 Å². The lowest BCUT2D eigenvalue weighted by atomic mass is 10.2. The van der Waals surface area contributed by atoms with Crippen molar-refractivity contribution in [3.8, 4) is 0 Å². The van der Waals surface area contributed by atoms with Gasteiger partial charge in [-0.15, -0.1) is 0 Å². The molecule has 2 rings (SSSR count). The predicted molar refractivity (Wildman–Crippen MR) is 70.4 cm³/mol. The van der Waals surface area contributed by atoms with E-state index in [0.717, 1.165) is 11.3 Å². The van der Waals surface area contributed by atoms with Crippen LogP contribution in [0.25, 0.3) is 0 Å². The van der Waals surface area contributed by atoms with E-state index in [0.29, 0.717) is 5.69 Å². The van der Waals surface area contributed by atoms with Gasteiger partial charge < -0.3 is 10.3 Å². The van der Waals surface area contributed by atoms with Crippen LogP contribution in [0.15, 0.2) is 28.4 Å². The van der Waals surface area contributed by atoms with E-state index in [1.54, 1.807) is 11.4 Å². The zero-order valence-corrected chi connectivity index (χ0v) is 10.5. The zero-order valence-electron chi connectivity index (χ0n) is 8.97. The van der Waals surface area contributed by atoms with Crippen molar-refractivity contribution in [2.75, 3.05) is 5.32 Å². The molecular weight excluding hydrogens is 278 g/mol.